The molecule has 0 spiro atoms. The number of benzene rings is 2. The molecule has 0 bridgehead atoms. The molecule has 1 aliphatic heterocycles. The molecule has 5 rings (SSSR count). The topological polar surface area (TPSA) is 79.2 Å². The molecule has 186 valence electrons. The van der Waals surface area contributed by atoms with Crippen LogP contribution in [0.1, 0.15) is 15.9 Å². The first-order valence-electron chi connectivity index (χ1n) is 11.6. The number of amides is 1. The van der Waals surface area contributed by atoms with Crippen molar-refractivity contribution in [1.29, 1.82) is 0 Å². The molecular formula is C25H24F3N7O. The van der Waals surface area contributed by atoms with Crippen LogP contribution in [-0.4, -0.2) is 58.4 Å². The minimum absolute atomic E-state index is 0.0468. The molecule has 1 aliphatic rings. The molecule has 2 aromatic heterocycles. The molecule has 11 heteroatoms. The number of alkyl halides is 3. The lowest BCUT2D eigenvalue weighted by atomic mass is 10.1. The number of carbonyl (C=O) groups is 1. The van der Waals surface area contributed by atoms with Gasteiger partial charge in [0.25, 0.3) is 5.91 Å². The van der Waals surface area contributed by atoms with E-state index in [1.165, 1.54) is 24.1 Å². The van der Waals surface area contributed by atoms with Gasteiger partial charge in [-0.05, 0) is 30.3 Å². The SMILES string of the molecule is O=C(NCCn1ncc2c(N3CCN(c4ccccc4)CC3)ncnc21)c1cccc(C(F)(F)F)c1. The van der Waals surface area contributed by atoms with E-state index < -0.39 is 17.6 Å². The zero-order valence-electron chi connectivity index (χ0n) is 19.3. The number of anilines is 2. The third-order valence-electron chi connectivity index (χ3n) is 6.17. The van der Waals surface area contributed by atoms with Crippen molar-refractivity contribution in [2.24, 2.45) is 0 Å². The number of hydrogen-bond acceptors (Lipinski definition) is 6. The average molecular weight is 496 g/mol. The Morgan fingerprint density at radius 2 is 1.69 bits per heavy atom. The number of rotatable bonds is 6. The Labute approximate surface area is 205 Å². The number of halogens is 3. The fraction of sp³-hybridized carbons (Fsp3) is 0.280. The zero-order valence-corrected chi connectivity index (χ0v) is 19.3. The molecule has 0 saturated carbocycles. The Bertz CT molecular complexity index is 1350. The molecule has 0 aliphatic carbocycles. The monoisotopic (exact) mass is 495 g/mol. The van der Waals surface area contributed by atoms with Crippen LogP contribution in [0.15, 0.2) is 67.1 Å². The first-order chi connectivity index (χ1) is 17.4. The van der Waals surface area contributed by atoms with Gasteiger partial charge in [-0.1, -0.05) is 24.3 Å². The predicted molar refractivity (Wildman–Crippen MR) is 130 cm³/mol. The lowest BCUT2D eigenvalue weighted by Crippen LogP contribution is -2.46. The molecule has 2 aromatic carbocycles. The molecule has 1 N–H and O–H groups in total. The summed E-state index contributed by atoms with van der Waals surface area (Å²) >= 11 is 0. The highest BCUT2D eigenvalue weighted by Gasteiger charge is 2.31. The molecule has 4 aromatic rings. The van der Waals surface area contributed by atoms with Crippen molar-refractivity contribution in [3.8, 4) is 0 Å². The van der Waals surface area contributed by atoms with E-state index in [-0.39, 0.29) is 12.1 Å². The van der Waals surface area contributed by atoms with Gasteiger partial charge in [0.1, 0.15) is 12.1 Å². The van der Waals surface area contributed by atoms with Gasteiger partial charge in [-0.3, -0.25) is 4.79 Å². The number of piperazine rings is 1. The highest BCUT2D eigenvalue weighted by molar-refractivity contribution is 5.94. The molecule has 0 atom stereocenters. The number of fused-ring (bicyclic) bond motifs is 1. The van der Waals surface area contributed by atoms with Crippen molar-refractivity contribution >= 4 is 28.4 Å². The summed E-state index contributed by atoms with van der Waals surface area (Å²) in [6, 6.07) is 14.6. The maximum absolute atomic E-state index is 12.9. The summed E-state index contributed by atoms with van der Waals surface area (Å²) in [5.74, 6) is 0.233. The van der Waals surface area contributed by atoms with Gasteiger partial charge in [-0.2, -0.15) is 18.3 Å². The van der Waals surface area contributed by atoms with E-state index in [2.05, 4.69) is 42.3 Å². The van der Waals surface area contributed by atoms with E-state index in [1.54, 1.807) is 10.9 Å². The van der Waals surface area contributed by atoms with Gasteiger partial charge in [-0.15, -0.1) is 0 Å². The fourth-order valence-electron chi connectivity index (χ4n) is 4.33. The first-order valence-corrected chi connectivity index (χ1v) is 11.6. The normalized spacial score (nSPS) is 14.3. The van der Waals surface area contributed by atoms with Gasteiger partial charge in [0.15, 0.2) is 5.65 Å². The van der Waals surface area contributed by atoms with E-state index in [0.717, 1.165) is 49.5 Å². The maximum Gasteiger partial charge on any atom is 0.416 e. The maximum atomic E-state index is 12.9. The van der Waals surface area contributed by atoms with E-state index in [1.807, 2.05) is 18.2 Å². The van der Waals surface area contributed by atoms with Gasteiger partial charge in [0.05, 0.1) is 23.7 Å². The van der Waals surface area contributed by atoms with Crippen molar-refractivity contribution < 1.29 is 18.0 Å². The fourth-order valence-corrected chi connectivity index (χ4v) is 4.33. The lowest BCUT2D eigenvalue weighted by Gasteiger charge is -2.36. The Kier molecular flexibility index (Phi) is 6.45. The minimum atomic E-state index is -4.50. The molecule has 1 saturated heterocycles. The quantitative estimate of drug-likeness (QED) is 0.441. The van der Waals surface area contributed by atoms with Crippen molar-refractivity contribution in [3.05, 3.63) is 78.2 Å². The van der Waals surface area contributed by atoms with Crippen LogP contribution < -0.4 is 15.1 Å². The van der Waals surface area contributed by atoms with Crippen LogP contribution in [0, 0.1) is 0 Å². The number of aromatic nitrogens is 4. The first kappa shape index (κ1) is 23.6. The van der Waals surface area contributed by atoms with Crippen LogP contribution in [0.4, 0.5) is 24.7 Å². The number of carbonyl (C=O) groups excluding carboxylic acids is 1. The summed E-state index contributed by atoms with van der Waals surface area (Å²) < 4.78 is 40.4. The Morgan fingerprint density at radius 1 is 0.944 bits per heavy atom. The smallest absolute Gasteiger partial charge is 0.368 e. The van der Waals surface area contributed by atoms with Crippen LogP contribution in [0.25, 0.3) is 11.0 Å². The largest absolute Gasteiger partial charge is 0.416 e. The summed E-state index contributed by atoms with van der Waals surface area (Å²) in [7, 11) is 0. The van der Waals surface area contributed by atoms with Gasteiger partial charge >= 0.3 is 6.18 Å². The Balaban J connectivity index is 1.22. The van der Waals surface area contributed by atoms with E-state index in [0.29, 0.717) is 12.2 Å². The van der Waals surface area contributed by atoms with Crippen LogP contribution in [-0.2, 0) is 12.7 Å². The standard InChI is InChI=1S/C25H24F3N7O/c26-25(27,28)19-6-4-5-18(15-19)24(36)29-9-10-35-23-21(16-32-35)22(30-17-31-23)34-13-11-33(12-14-34)20-7-2-1-3-8-20/h1-8,15-17H,9-14H2,(H,29,36). The van der Waals surface area contributed by atoms with Gasteiger partial charge in [-0.25, -0.2) is 14.6 Å². The average Bonchev–Trinajstić information content (AvgIpc) is 3.32. The molecule has 3 heterocycles. The van der Waals surface area contributed by atoms with Crippen molar-refractivity contribution in [3.63, 3.8) is 0 Å². The number of nitrogens with one attached hydrogen (secondary N) is 1. The van der Waals surface area contributed by atoms with Gasteiger partial charge < -0.3 is 15.1 Å². The molecule has 36 heavy (non-hydrogen) atoms. The zero-order chi connectivity index (χ0) is 25.1. The number of nitrogens with zero attached hydrogens (tertiary/aromatic N) is 6. The summed E-state index contributed by atoms with van der Waals surface area (Å²) in [5.41, 5.74) is 0.931. The molecule has 0 unspecified atom stereocenters. The number of para-hydroxylation sites is 1. The van der Waals surface area contributed by atoms with Gasteiger partial charge in [0.2, 0.25) is 0 Å². The van der Waals surface area contributed by atoms with Gasteiger partial charge in [0, 0.05) is 44.0 Å². The highest BCUT2D eigenvalue weighted by Crippen LogP contribution is 2.29. The van der Waals surface area contributed by atoms with Crippen LogP contribution >= 0.6 is 0 Å². The van der Waals surface area contributed by atoms with E-state index in [4.69, 9.17) is 0 Å². The summed E-state index contributed by atoms with van der Waals surface area (Å²) in [4.78, 5) is 25.8. The van der Waals surface area contributed by atoms with Crippen LogP contribution in [0.3, 0.4) is 0 Å². The summed E-state index contributed by atoms with van der Waals surface area (Å²) in [5, 5.41) is 7.87. The van der Waals surface area contributed by atoms with E-state index >= 15 is 0 Å². The second kappa shape index (κ2) is 9.84. The van der Waals surface area contributed by atoms with Crippen LogP contribution in [0.2, 0.25) is 0 Å². The Hall–Kier alpha value is -4.15. The molecular weight excluding hydrogens is 471 g/mol. The lowest BCUT2D eigenvalue weighted by molar-refractivity contribution is -0.137. The minimum Gasteiger partial charge on any atom is -0.368 e. The second-order valence-electron chi connectivity index (χ2n) is 8.45. The number of hydrogen-bond donors (Lipinski definition) is 1. The molecule has 8 nitrogen and oxygen atoms in total. The van der Waals surface area contributed by atoms with Crippen molar-refractivity contribution in [2.75, 3.05) is 42.5 Å². The van der Waals surface area contributed by atoms with Crippen molar-refractivity contribution in [1.82, 2.24) is 25.1 Å². The third-order valence-corrected chi connectivity index (χ3v) is 6.17. The molecule has 0 radical (unpaired) electrons. The third kappa shape index (κ3) is 4.95. The highest BCUT2D eigenvalue weighted by atomic mass is 19.4. The molecule has 1 fully saturated rings. The Morgan fingerprint density at radius 3 is 2.44 bits per heavy atom. The summed E-state index contributed by atoms with van der Waals surface area (Å²) in [6.07, 6.45) is -1.29. The van der Waals surface area contributed by atoms with E-state index in [9.17, 15) is 18.0 Å². The summed E-state index contributed by atoms with van der Waals surface area (Å²) in [6.45, 7) is 3.84. The van der Waals surface area contributed by atoms with Crippen molar-refractivity contribution in [2.45, 2.75) is 12.7 Å². The second-order valence-corrected chi connectivity index (χ2v) is 8.45. The molecule has 1 amide bonds. The van der Waals surface area contributed by atoms with Crippen LogP contribution in [0.5, 0.6) is 0 Å². The predicted octanol–water partition coefficient (Wildman–Crippen LogP) is 3.60.